The number of carbonyl (C=O) groups excluding carboxylic acids is 1. The summed E-state index contributed by atoms with van der Waals surface area (Å²) >= 11 is 0. The summed E-state index contributed by atoms with van der Waals surface area (Å²) in [4.78, 5) is 12.0. The molecule has 0 fully saturated rings. The number of hydrogen-bond donors (Lipinski definition) is 1. The monoisotopic (exact) mass is 378 g/mol. The minimum absolute atomic E-state index is 0.167. The molecule has 0 atom stereocenters. The largest absolute Gasteiger partial charge is 0.484 e. The molecular weight excluding hydrogens is 360 g/mol. The fourth-order valence-corrected chi connectivity index (χ4v) is 2.77. The van der Waals surface area contributed by atoms with Gasteiger partial charge in [0.15, 0.2) is 18.1 Å². The van der Waals surface area contributed by atoms with E-state index in [0.717, 1.165) is 10.6 Å². The second-order valence-electron chi connectivity index (χ2n) is 5.63. The maximum Gasteiger partial charge on any atom is 0.262 e. The van der Waals surface area contributed by atoms with Gasteiger partial charge in [-0.05, 0) is 36.4 Å². The first-order chi connectivity index (χ1) is 12.3. The topological polar surface area (TPSA) is 94.2 Å². The Balaban J connectivity index is 1.54. The van der Waals surface area contributed by atoms with E-state index in [-0.39, 0.29) is 19.3 Å². The summed E-state index contributed by atoms with van der Waals surface area (Å²) in [5.74, 6) is 1.34. The number of nitrogens with zero attached hydrogens (tertiary/aromatic N) is 1. The van der Waals surface area contributed by atoms with Gasteiger partial charge in [0, 0.05) is 18.8 Å². The van der Waals surface area contributed by atoms with E-state index in [9.17, 15) is 13.2 Å². The zero-order valence-corrected chi connectivity index (χ0v) is 15.1. The summed E-state index contributed by atoms with van der Waals surface area (Å²) in [5, 5.41) is 2.70. The van der Waals surface area contributed by atoms with Crippen LogP contribution in [0.3, 0.4) is 0 Å². The Kier molecular flexibility index (Phi) is 4.90. The van der Waals surface area contributed by atoms with Crippen LogP contribution in [0.4, 0.5) is 11.4 Å². The summed E-state index contributed by atoms with van der Waals surface area (Å²) in [7, 11) is -1.86. The van der Waals surface area contributed by atoms with Gasteiger partial charge in [-0.25, -0.2) is 8.42 Å². The lowest BCUT2D eigenvalue weighted by Crippen LogP contribution is -2.24. The third-order valence-electron chi connectivity index (χ3n) is 3.72. The normalized spacial score (nSPS) is 12.5. The predicted molar refractivity (Wildman–Crippen MR) is 96.4 cm³/mol. The van der Waals surface area contributed by atoms with Crippen molar-refractivity contribution >= 4 is 27.3 Å². The highest BCUT2D eigenvalue weighted by atomic mass is 32.2. The fraction of sp³-hybridized carbons (Fsp3) is 0.235. The summed E-state index contributed by atoms with van der Waals surface area (Å²) in [5.41, 5.74) is 1.08. The van der Waals surface area contributed by atoms with Gasteiger partial charge in [0.2, 0.25) is 16.8 Å². The lowest BCUT2D eigenvalue weighted by molar-refractivity contribution is -0.118. The van der Waals surface area contributed by atoms with Crippen molar-refractivity contribution in [3.05, 3.63) is 42.5 Å². The van der Waals surface area contributed by atoms with Crippen LogP contribution in [0.1, 0.15) is 0 Å². The van der Waals surface area contributed by atoms with Gasteiger partial charge in [-0.15, -0.1) is 0 Å². The smallest absolute Gasteiger partial charge is 0.262 e. The van der Waals surface area contributed by atoms with Crippen LogP contribution in [0, 0.1) is 0 Å². The SMILES string of the molecule is CN(c1ccc(OCC(=O)Nc2ccc3c(c2)OCO3)cc1)S(C)(=O)=O. The van der Waals surface area contributed by atoms with Gasteiger partial charge in [-0.1, -0.05) is 0 Å². The third kappa shape index (κ3) is 4.17. The van der Waals surface area contributed by atoms with Crippen LogP contribution in [0.5, 0.6) is 17.2 Å². The molecule has 2 aromatic rings. The van der Waals surface area contributed by atoms with Gasteiger partial charge in [0.1, 0.15) is 5.75 Å². The Morgan fingerprint density at radius 2 is 1.85 bits per heavy atom. The molecule has 1 amide bonds. The van der Waals surface area contributed by atoms with Crippen LogP contribution >= 0.6 is 0 Å². The van der Waals surface area contributed by atoms with Gasteiger partial charge in [0.05, 0.1) is 11.9 Å². The van der Waals surface area contributed by atoms with Crippen molar-refractivity contribution in [2.24, 2.45) is 0 Å². The Hall–Kier alpha value is -2.94. The van der Waals surface area contributed by atoms with Gasteiger partial charge in [-0.2, -0.15) is 0 Å². The second-order valence-corrected chi connectivity index (χ2v) is 7.64. The lowest BCUT2D eigenvalue weighted by atomic mass is 10.3. The standard InChI is InChI=1S/C17H18N2O6S/c1-19(26(2,21)22)13-4-6-14(7-5-13)23-10-17(20)18-12-3-8-15-16(9-12)25-11-24-15/h3-9H,10-11H2,1-2H3,(H,18,20). The third-order valence-corrected chi connectivity index (χ3v) is 4.93. The first-order valence-corrected chi connectivity index (χ1v) is 9.54. The zero-order chi connectivity index (χ0) is 18.7. The van der Waals surface area contributed by atoms with Crippen molar-refractivity contribution in [2.75, 3.05) is 36.3 Å². The summed E-state index contributed by atoms with van der Waals surface area (Å²) in [6, 6.07) is 11.5. The molecule has 0 spiro atoms. The first kappa shape index (κ1) is 17.9. The van der Waals surface area contributed by atoms with E-state index < -0.39 is 10.0 Å². The van der Waals surface area contributed by atoms with Crippen molar-refractivity contribution in [3.8, 4) is 17.2 Å². The first-order valence-electron chi connectivity index (χ1n) is 7.69. The predicted octanol–water partition coefficient (Wildman–Crippen LogP) is 1.83. The van der Waals surface area contributed by atoms with Crippen LogP contribution < -0.4 is 23.8 Å². The molecule has 0 saturated carbocycles. The number of sulfonamides is 1. The van der Waals surface area contributed by atoms with Crippen LogP contribution in [-0.4, -0.2) is 41.0 Å². The number of rotatable bonds is 6. The molecule has 0 aliphatic carbocycles. The molecule has 1 aliphatic rings. The van der Waals surface area contributed by atoms with E-state index >= 15 is 0 Å². The average Bonchev–Trinajstić information content (AvgIpc) is 3.07. The molecule has 0 unspecified atom stereocenters. The zero-order valence-electron chi connectivity index (χ0n) is 14.3. The van der Waals surface area contributed by atoms with Gasteiger partial charge in [0.25, 0.3) is 5.91 Å². The maximum atomic E-state index is 12.0. The molecule has 1 N–H and O–H groups in total. The highest BCUT2D eigenvalue weighted by Gasteiger charge is 2.15. The molecule has 1 aliphatic heterocycles. The molecule has 0 saturated heterocycles. The molecule has 0 radical (unpaired) electrons. The quantitative estimate of drug-likeness (QED) is 0.824. The highest BCUT2D eigenvalue weighted by molar-refractivity contribution is 7.92. The second kappa shape index (κ2) is 7.12. The van der Waals surface area contributed by atoms with E-state index in [1.54, 1.807) is 42.5 Å². The van der Waals surface area contributed by atoms with E-state index in [2.05, 4.69) is 5.32 Å². The molecular formula is C17H18N2O6S. The van der Waals surface area contributed by atoms with Crippen molar-refractivity contribution in [1.29, 1.82) is 0 Å². The number of benzene rings is 2. The van der Waals surface area contributed by atoms with Crippen molar-refractivity contribution in [3.63, 3.8) is 0 Å². The van der Waals surface area contributed by atoms with E-state index in [1.165, 1.54) is 7.05 Å². The number of anilines is 2. The van der Waals surface area contributed by atoms with Crippen molar-refractivity contribution in [2.45, 2.75) is 0 Å². The molecule has 3 rings (SSSR count). The number of ether oxygens (including phenoxy) is 3. The minimum atomic E-state index is -3.32. The summed E-state index contributed by atoms with van der Waals surface area (Å²) < 4.78 is 40.0. The Morgan fingerprint density at radius 3 is 2.54 bits per heavy atom. The average molecular weight is 378 g/mol. The molecule has 8 nitrogen and oxygen atoms in total. The maximum absolute atomic E-state index is 12.0. The van der Waals surface area contributed by atoms with Gasteiger partial charge in [-0.3, -0.25) is 9.10 Å². The van der Waals surface area contributed by atoms with Gasteiger partial charge < -0.3 is 19.5 Å². The summed E-state index contributed by atoms with van der Waals surface area (Å²) in [6.45, 7) is -0.0178. The summed E-state index contributed by atoms with van der Waals surface area (Å²) in [6.07, 6.45) is 1.12. The Labute approximate surface area is 151 Å². The molecule has 138 valence electrons. The number of fused-ring (bicyclic) bond motifs is 1. The molecule has 2 aromatic carbocycles. The van der Waals surface area contributed by atoms with E-state index in [1.807, 2.05) is 0 Å². The van der Waals surface area contributed by atoms with E-state index in [4.69, 9.17) is 14.2 Å². The highest BCUT2D eigenvalue weighted by Crippen LogP contribution is 2.34. The van der Waals surface area contributed by atoms with Crippen LogP contribution in [0.15, 0.2) is 42.5 Å². The Bertz CT molecular complexity index is 911. The van der Waals surface area contributed by atoms with Crippen LogP contribution in [0.25, 0.3) is 0 Å². The molecule has 1 heterocycles. The number of amides is 1. The van der Waals surface area contributed by atoms with Crippen molar-refractivity contribution in [1.82, 2.24) is 0 Å². The molecule has 9 heteroatoms. The van der Waals surface area contributed by atoms with Crippen molar-refractivity contribution < 1.29 is 27.4 Å². The number of hydrogen-bond acceptors (Lipinski definition) is 6. The van der Waals surface area contributed by atoms with E-state index in [0.29, 0.717) is 28.6 Å². The lowest BCUT2D eigenvalue weighted by Gasteiger charge is -2.16. The molecule has 0 aromatic heterocycles. The molecule has 26 heavy (non-hydrogen) atoms. The Morgan fingerprint density at radius 1 is 1.15 bits per heavy atom. The van der Waals surface area contributed by atoms with Crippen LogP contribution in [0.2, 0.25) is 0 Å². The fourth-order valence-electron chi connectivity index (χ4n) is 2.26. The van der Waals surface area contributed by atoms with Gasteiger partial charge >= 0.3 is 0 Å². The minimum Gasteiger partial charge on any atom is -0.484 e. The number of nitrogens with one attached hydrogen (secondary N) is 1. The van der Waals surface area contributed by atoms with Crippen LogP contribution in [-0.2, 0) is 14.8 Å². The number of carbonyl (C=O) groups is 1. The molecule has 0 bridgehead atoms.